The van der Waals surface area contributed by atoms with E-state index in [0.717, 1.165) is 25.2 Å². The molecule has 1 saturated heterocycles. The van der Waals surface area contributed by atoms with Crippen molar-refractivity contribution in [1.82, 2.24) is 4.90 Å². The summed E-state index contributed by atoms with van der Waals surface area (Å²) in [6.07, 6.45) is 0.931. The molecule has 26 heavy (non-hydrogen) atoms. The van der Waals surface area contributed by atoms with Crippen molar-refractivity contribution in [3.05, 3.63) is 65.7 Å². The van der Waals surface area contributed by atoms with Gasteiger partial charge < -0.3 is 10.6 Å². The third kappa shape index (κ3) is 2.93. The maximum absolute atomic E-state index is 13.3. The zero-order valence-electron chi connectivity index (χ0n) is 15.5. The van der Waals surface area contributed by atoms with Crippen LogP contribution in [0.1, 0.15) is 30.9 Å². The van der Waals surface area contributed by atoms with Crippen LogP contribution in [0.15, 0.2) is 54.6 Å². The molecule has 2 unspecified atom stereocenters. The summed E-state index contributed by atoms with van der Waals surface area (Å²) in [4.78, 5) is 17.5. The Hall–Kier alpha value is -2.17. The van der Waals surface area contributed by atoms with E-state index in [4.69, 9.17) is 5.73 Å². The molecular weight excluding hydrogens is 322 g/mol. The van der Waals surface area contributed by atoms with Gasteiger partial charge in [0.15, 0.2) is 0 Å². The molecular formula is C22H27N3O. The maximum Gasteiger partial charge on any atom is 0.244 e. The van der Waals surface area contributed by atoms with Crippen molar-refractivity contribution in [3.63, 3.8) is 0 Å². The molecule has 0 bridgehead atoms. The van der Waals surface area contributed by atoms with E-state index in [0.29, 0.717) is 0 Å². The van der Waals surface area contributed by atoms with Gasteiger partial charge in [0.1, 0.15) is 0 Å². The van der Waals surface area contributed by atoms with Crippen molar-refractivity contribution in [2.24, 2.45) is 5.73 Å². The van der Waals surface area contributed by atoms with E-state index in [-0.39, 0.29) is 30.0 Å². The summed E-state index contributed by atoms with van der Waals surface area (Å²) in [5.74, 6) is 0.470. The molecule has 2 aliphatic rings. The van der Waals surface area contributed by atoms with Crippen molar-refractivity contribution in [2.75, 3.05) is 18.0 Å². The normalized spacial score (nSPS) is 26.7. The number of fused-ring (bicyclic) bond motifs is 1. The lowest BCUT2D eigenvalue weighted by molar-refractivity contribution is -0.123. The smallest absolute Gasteiger partial charge is 0.244 e. The molecule has 4 nitrogen and oxygen atoms in total. The monoisotopic (exact) mass is 349 g/mol. The third-order valence-electron chi connectivity index (χ3n) is 5.97. The summed E-state index contributed by atoms with van der Waals surface area (Å²) in [7, 11) is 0. The van der Waals surface area contributed by atoms with Crippen LogP contribution in [-0.4, -0.2) is 42.0 Å². The van der Waals surface area contributed by atoms with Gasteiger partial charge in [-0.3, -0.25) is 9.69 Å². The molecule has 0 spiro atoms. The Labute approximate surface area is 155 Å². The standard InChI is InChI=1S/C22H27N3O/c1-15-12-18-10-6-7-11-21(18)25(15)22(26)16(2)24-13-19(20(23)14-24)17-8-4-3-5-9-17/h3-11,15-16,19-20H,12-14,23H2,1-2H3/t15?,16?,19-,20+/m0/s1. The third-order valence-corrected chi connectivity index (χ3v) is 5.97. The van der Waals surface area contributed by atoms with Crippen LogP contribution >= 0.6 is 0 Å². The number of para-hydroxylation sites is 1. The van der Waals surface area contributed by atoms with Crippen LogP contribution in [0.5, 0.6) is 0 Å². The second-order valence-electron chi connectivity index (χ2n) is 7.70. The number of hydrogen-bond donors (Lipinski definition) is 1. The van der Waals surface area contributed by atoms with Gasteiger partial charge in [0, 0.05) is 36.8 Å². The molecule has 136 valence electrons. The number of rotatable bonds is 3. The van der Waals surface area contributed by atoms with Gasteiger partial charge in [0.2, 0.25) is 5.91 Å². The van der Waals surface area contributed by atoms with Crippen LogP contribution in [0, 0.1) is 0 Å². The molecule has 4 rings (SSSR count). The van der Waals surface area contributed by atoms with Gasteiger partial charge in [-0.25, -0.2) is 0 Å². The van der Waals surface area contributed by atoms with E-state index in [1.165, 1.54) is 11.1 Å². The van der Waals surface area contributed by atoms with E-state index < -0.39 is 0 Å². The number of likely N-dealkylation sites (tertiary alicyclic amines) is 1. The van der Waals surface area contributed by atoms with E-state index in [2.05, 4.69) is 48.2 Å². The summed E-state index contributed by atoms with van der Waals surface area (Å²) >= 11 is 0. The Morgan fingerprint density at radius 1 is 1.08 bits per heavy atom. The quantitative estimate of drug-likeness (QED) is 0.927. The predicted octanol–water partition coefficient (Wildman–Crippen LogP) is 2.78. The molecule has 0 radical (unpaired) electrons. The number of anilines is 1. The zero-order chi connectivity index (χ0) is 18.3. The van der Waals surface area contributed by atoms with Crippen LogP contribution in [0.3, 0.4) is 0 Å². The number of amides is 1. The number of nitrogens with two attached hydrogens (primary N) is 1. The molecule has 1 amide bonds. The van der Waals surface area contributed by atoms with Gasteiger partial charge in [-0.1, -0.05) is 48.5 Å². The fourth-order valence-electron chi connectivity index (χ4n) is 4.49. The van der Waals surface area contributed by atoms with Crippen LogP contribution < -0.4 is 10.6 Å². The van der Waals surface area contributed by atoms with Gasteiger partial charge in [-0.2, -0.15) is 0 Å². The highest BCUT2D eigenvalue weighted by Crippen LogP contribution is 2.34. The van der Waals surface area contributed by atoms with Crippen molar-refractivity contribution in [2.45, 2.75) is 44.3 Å². The van der Waals surface area contributed by atoms with Gasteiger partial charge in [0.25, 0.3) is 0 Å². The Bertz CT molecular complexity index is 791. The SMILES string of the molecule is CC(C(=O)N1c2ccccc2CC1C)N1C[C@@H](N)[C@H](c2ccccc2)C1. The van der Waals surface area contributed by atoms with Crippen molar-refractivity contribution in [1.29, 1.82) is 0 Å². The minimum atomic E-state index is -0.164. The first kappa shape index (κ1) is 17.3. The molecule has 2 aromatic rings. The molecule has 0 aromatic heterocycles. The summed E-state index contributed by atoms with van der Waals surface area (Å²) < 4.78 is 0. The topological polar surface area (TPSA) is 49.6 Å². The molecule has 2 heterocycles. The lowest BCUT2D eigenvalue weighted by Gasteiger charge is -2.30. The molecule has 0 aliphatic carbocycles. The first-order valence-corrected chi connectivity index (χ1v) is 9.52. The van der Waals surface area contributed by atoms with Gasteiger partial charge >= 0.3 is 0 Å². The van der Waals surface area contributed by atoms with Crippen LogP contribution in [0.4, 0.5) is 5.69 Å². The molecule has 2 N–H and O–H groups in total. The Morgan fingerprint density at radius 2 is 1.77 bits per heavy atom. The summed E-state index contributed by atoms with van der Waals surface area (Å²) in [6.45, 7) is 5.75. The maximum atomic E-state index is 13.3. The highest BCUT2D eigenvalue weighted by molar-refractivity contribution is 5.99. The second-order valence-corrected chi connectivity index (χ2v) is 7.70. The Kier molecular flexibility index (Phi) is 4.55. The van der Waals surface area contributed by atoms with Crippen molar-refractivity contribution < 1.29 is 4.79 Å². The van der Waals surface area contributed by atoms with E-state index >= 15 is 0 Å². The van der Waals surface area contributed by atoms with Crippen LogP contribution in [-0.2, 0) is 11.2 Å². The molecule has 4 atom stereocenters. The first-order valence-electron chi connectivity index (χ1n) is 9.52. The molecule has 4 heteroatoms. The number of hydrogen-bond acceptors (Lipinski definition) is 3. The lowest BCUT2D eigenvalue weighted by Crippen LogP contribution is -2.49. The Morgan fingerprint density at radius 3 is 2.54 bits per heavy atom. The van der Waals surface area contributed by atoms with Gasteiger partial charge in [-0.15, -0.1) is 0 Å². The minimum Gasteiger partial charge on any atom is -0.326 e. The number of nitrogens with zero attached hydrogens (tertiary/aromatic N) is 2. The molecule has 2 aromatic carbocycles. The zero-order valence-corrected chi connectivity index (χ0v) is 15.5. The van der Waals surface area contributed by atoms with Gasteiger partial charge in [-0.05, 0) is 37.5 Å². The molecule has 2 aliphatic heterocycles. The van der Waals surface area contributed by atoms with Crippen molar-refractivity contribution in [3.8, 4) is 0 Å². The predicted molar refractivity (Wildman–Crippen MR) is 105 cm³/mol. The van der Waals surface area contributed by atoms with Crippen LogP contribution in [0.25, 0.3) is 0 Å². The second kappa shape index (κ2) is 6.86. The first-order chi connectivity index (χ1) is 12.6. The summed E-state index contributed by atoms with van der Waals surface area (Å²) in [5.41, 5.74) is 10.0. The average Bonchev–Trinajstić information content (AvgIpc) is 3.20. The minimum absolute atomic E-state index is 0.0657. The summed E-state index contributed by atoms with van der Waals surface area (Å²) in [5, 5.41) is 0. The van der Waals surface area contributed by atoms with E-state index in [1.807, 2.05) is 30.0 Å². The van der Waals surface area contributed by atoms with E-state index in [1.54, 1.807) is 0 Å². The highest BCUT2D eigenvalue weighted by atomic mass is 16.2. The lowest BCUT2D eigenvalue weighted by atomic mass is 9.95. The number of carbonyl (C=O) groups is 1. The summed E-state index contributed by atoms with van der Waals surface area (Å²) in [6, 6.07) is 18.8. The largest absolute Gasteiger partial charge is 0.326 e. The highest BCUT2D eigenvalue weighted by Gasteiger charge is 2.39. The number of carbonyl (C=O) groups excluding carboxylic acids is 1. The fourth-order valence-corrected chi connectivity index (χ4v) is 4.49. The van der Waals surface area contributed by atoms with E-state index in [9.17, 15) is 4.79 Å². The van der Waals surface area contributed by atoms with Crippen molar-refractivity contribution >= 4 is 11.6 Å². The molecule has 1 fully saturated rings. The van der Waals surface area contributed by atoms with Crippen LogP contribution in [0.2, 0.25) is 0 Å². The average molecular weight is 349 g/mol. The van der Waals surface area contributed by atoms with Gasteiger partial charge in [0.05, 0.1) is 6.04 Å². The number of benzene rings is 2. The fraction of sp³-hybridized carbons (Fsp3) is 0.409. The Balaban J connectivity index is 1.51. The molecule has 0 saturated carbocycles.